The van der Waals surface area contributed by atoms with Crippen molar-refractivity contribution in [3.05, 3.63) is 23.8 Å². The van der Waals surface area contributed by atoms with Crippen molar-refractivity contribution in [1.82, 2.24) is 0 Å². The molecule has 0 aliphatic heterocycles. The summed E-state index contributed by atoms with van der Waals surface area (Å²) in [5, 5.41) is 0. The fraction of sp³-hybridized carbons (Fsp3) is 0.533. The molecule has 0 spiro atoms. The Morgan fingerprint density at radius 3 is 1.56 bits per heavy atom. The lowest BCUT2D eigenvalue weighted by Gasteiger charge is -2.26. The van der Waals surface area contributed by atoms with Gasteiger partial charge in [-0.1, -0.05) is 6.07 Å². The Kier molecular flexibility index (Phi) is 4.05. The molecule has 0 atom stereocenters. The predicted octanol–water partition coefficient (Wildman–Crippen LogP) is 3.85. The number of carbonyl (C=O) groups excluding carboxylic acids is 1. The average Bonchev–Trinajstić information content (AvgIpc) is 2.12. The second kappa shape index (κ2) is 5.01. The van der Waals surface area contributed by atoms with E-state index in [-0.39, 0.29) is 11.2 Å². The summed E-state index contributed by atoms with van der Waals surface area (Å²) in [6.07, 6.45) is 0.780. The summed E-state index contributed by atoms with van der Waals surface area (Å²) in [7, 11) is 0. The van der Waals surface area contributed by atoms with Crippen molar-refractivity contribution in [1.29, 1.82) is 0 Å². The molecule has 0 radical (unpaired) electrons. The zero-order valence-corrected chi connectivity index (χ0v) is 12.0. The summed E-state index contributed by atoms with van der Waals surface area (Å²) < 4.78 is 11.5. The van der Waals surface area contributed by atoms with Crippen LogP contribution in [0.2, 0.25) is 0 Å². The highest BCUT2D eigenvalue weighted by Gasteiger charge is 2.20. The van der Waals surface area contributed by atoms with Gasteiger partial charge in [0.05, 0.1) is 5.56 Å². The first-order valence-electron chi connectivity index (χ1n) is 6.08. The van der Waals surface area contributed by atoms with Crippen LogP contribution in [-0.2, 0) is 0 Å². The van der Waals surface area contributed by atoms with Crippen LogP contribution >= 0.6 is 0 Å². The number of carbonyl (C=O) groups is 1. The SMILES string of the molecule is CC(C)(C)Oc1cccc(OC(C)(C)C)c1C=O. The monoisotopic (exact) mass is 250 g/mol. The molecule has 1 aromatic carbocycles. The summed E-state index contributed by atoms with van der Waals surface area (Å²) in [4.78, 5) is 11.3. The molecule has 3 nitrogen and oxygen atoms in total. The van der Waals surface area contributed by atoms with Gasteiger partial charge in [-0.2, -0.15) is 0 Å². The maximum atomic E-state index is 11.3. The molecule has 100 valence electrons. The lowest BCUT2D eigenvalue weighted by Crippen LogP contribution is -2.25. The standard InChI is InChI=1S/C15H22O3/c1-14(2,3)17-12-8-7-9-13(11(12)10-16)18-15(4,5)6/h7-10H,1-6H3. The Morgan fingerprint density at radius 1 is 0.889 bits per heavy atom. The maximum Gasteiger partial charge on any atom is 0.157 e. The highest BCUT2D eigenvalue weighted by atomic mass is 16.5. The third-order valence-corrected chi connectivity index (χ3v) is 1.98. The van der Waals surface area contributed by atoms with E-state index in [0.717, 1.165) is 6.29 Å². The lowest BCUT2D eigenvalue weighted by molar-refractivity contribution is 0.105. The van der Waals surface area contributed by atoms with Crippen molar-refractivity contribution < 1.29 is 14.3 Å². The zero-order valence-electron chi connectivity index (χ0n) is 12.0. The smallest absolute Gasteiger partial charge is 0.157 e. The van der Waals surface area contributed by atoms with E-state index < -0.39 is 0 Å². The van der Waals surface area contributed by atoms with Crippen molar-refractivity contribution >= 4 is 6.29 Å². The number of ether oxygens (including phenoxy) is 2. The normalized spacial score (nSPS) is 12.1. The zero-order chi connectivity index (χ0) is 14.0. The summed E-state index contributed by atoms with van der Waals surface area (Å²) in [5.41, 5.74) is -0.238. The quantitative estimate of drug-likeness (QED) is 0.764. The minimum atomic E-state index is -0.349. The second-order valence-electron chi connectivity index (χ2n) is 6.21. The third kappa shape index (κ3) is 4.40. The minimum absolute atomic E-state index is 0.349. The van der Waals surface area contributed by atoms with Crippen molar-refractivity contribution in [2.75, 3.05) is 0 Å². The average molecular weight is 250 g/mol. The molecule has 0 saturated carbocycles. The molecule has 0 aliphatic rings. The van der Waals surface area contributed by atoms with Crippen LogP contribution in [0.15, 0.2) is 18.2 Å². The van der Waals surface area contributed by atoms with E-state index in [1.165, 1.54) is 0 Å². The van der Waals surface area contributed by atoms with Crippen LogP contribution in [0.25, 0.3) is 0 Å². The Bertz CT molecular complexity index is 388. The van der Waals surface area contributed by atoms with E-state index in [4.69, 9.17) is 9.47 Å². The molecule has 1 aromatic rings. The maximum absolute atomic E-state index is 11.3. The Balaban J connectivity index is 3.14. The van der Waals surface area contributed by atoms with Crippen molar-refractivity contribution in [3.8, 4) is 11.5 Å². The summed E-state index contributed by atoms with van der Waals surface area (Å²) in [5.74, 6) is 1.11. The highest BCUT2D eigenvalue weighted by Crippen LogP contribution is 2.31. The van der Waals surface area contributed by atoms with E-state index >= 15 is 0 Å². The number of hydrogen-bond acceptors (Lipinski definition) is 3. The summed E-state index contributed by atoms with van der Waals surface area (Å²) in [6.45, 7) is 11.7. The van der Waals surface area contributed by atoms with Crippen LogP contribution in [-0.4, -0.2) is 17.5 Å². The van der Waals surface area contributed by atoms with Crippen molar-refractivity contribution in [2.45, 2.75) is 52.7 Å². The molecule has 1 rings (SSSR count). The predicted molar refractivity (Wildman–Crippen MR) is 72.6 cm³/mol. The summed E-state index contributed by atoms with van der Waals surface area (Å²) in [6, 6.07) is 5.39. The molecular formula is C15H22O3. The van der Waals surface area contributed by atoms with Gasteiger partial charge in [0.25, 0.3) is 0 Å². The van der Waals surface area contributed by atoms with Gasteiger partial charge >= 0.3 is 0 Å². The molecule has 0 fully saturated rings. The molecule has 0 aliphatic carbocycles. The minimum Gasteiger partial charge on any atom is -0.487 e. The molecule has 0 amide bonds. The van der Waals surface area contributed by atoms with Gasteiger partial charge in [-0.3, -0.25) is 4.79 Å². The van der Waals surface area contributed by atoms with Gasteiger partial charge in [0.15, 0.2) is 6.29 Å². The van der Waals surface area contributed by atoms with Crippen LogP contribution < -0.4 is 9.47 Å². The topological polar surface area (TPSA) is 35.5 Å². The fourth-order valence-corrected chi connectivity index (χ4v) is 1.48. The Hall–Kier alpha value is -1.51. The number of aldehydes is 1. The molecule has 0 N–H and O–H groups in total. The van der Waals surface area contributed by atoms with Gasteiger partial charge in [0, 0.05) is 0 Å². The fourth-order valence-electron chi connectivity index (χ4n) is 1.48. The van der Waals surface area contributed by atoms with Gasteiger partial charge in [0.2, 0.25) is 0 Å². The second-order valence-corrected chi connectivity index (χ2v) is 6.21. The number of hydrogen-bond donors (Lipinski definition) is 0. The van der Waals surface area contributed by atoms with Crippen molar-refractivity contribution in [2.24, 2.45) is 0 Å². The first-order valence-corrected chi connectivity index (χ1v) is 6.08. The molecular weight excluding hydrogens is 228 g/mol. The van der Waals surface area contributed by atoms with E-state index in [1.807, 2.05) is 47.6 Å². The largest absolute Gasteiger partial charge is 0.487 e. The Morgan fingerprint density at radius 2 is 1.28 bits per heavy atom. The molecule has 0 saturated heterocycles. The molecule has 3 heteroatoms. The molecule has 18 heavy (non-hydrogen) atoms. The number of benzene rings is 1. The van der Waals surface area contributed by atoms with Crippen LogP contribution in [0.3, 0.4) is 0 Å². The third-order valence-electron chi connectivity index (χ3n) is 1.98. The van der Waals surface area contributed by atoms with Crippen LogP contribution in [0.5, 0.6) is 11.5 Å². The van der Waals surface area contributed by atoms with E-state index in [1.54, 1.807) is 12.1 Å². The lowest BCUT2D eigenvalue weighted by atomic mass is 10.1. The number of rotatable bonds is 3. The van der Waals surface area contributed by atoms with E-state index in [9.17, 15) is 4.79 Å². The first kappa shape index (κ1) is 14.6. The van der Waals surface area contributed by atoms with E-state index in [2.05, 4.69) is 0 Å². The Labute approximate surface area is 109 Å². The van der Waals surface area contributed by atoms with Gasteiger partial charge in [-0.15, -0.1) is 0 Å². The molecule has 0 bridgehead atoms. The van der Waals surface area contributed by atoms with Gasteiger partial charge in [-0.05, 0) is 53.7 Å². The van der Waals surface area contributed by atoms with Crippen LogP contribution in [0.1, 0.15) is 51.9 Å². The van der Waals surface area contributed by atoms with Crippen LogP contribution in [0.4, 0.5) is 0 Å². The van der Waals surface area contributed by atoms with Gasteiger partial charge in [-0.25, -0.2) is 0 Å². The van der Waals surface area contributed by atoms with Gasteiger partial charge in [0.1, 0.15) is 22.7 Å². The molecule has 0 aromatic heterocycles. The van der Waals surface area contributed by atoms with Gasteiger partial charge < -0.3 is 9.47 Å². The van der Waals surface area contributed by atoms with E-state index in [0.29, 0.717) is 17.1 Å². The highest BCUT2D eigenvalue weighted by molar-refractivity contribution is 5.83. The first-order chi connectivity index (χ1) is 8.12. The van der Waals surface area contributed by atoms with Crippen molar-refractivity contribution in [3.63, 3.8) is 0 Å². The van der Waals surface area contributed by atoms with Crippen LogP contribution in [0, 0.1) is 0 Å². The summed E-state index contributed by atoms with van der Waals surface area (Å²) >= 11 is 0. The molecule has 0 heterocycles. The molecule has 0 unspecified atom stereocenters.